The summed E-state index contributed by atoms with van der Waals surface area (Å²) in [5.74, 6) is 0.128. The molecule has 0 amide bonds. The fourth-order valence-corrected chi connectivity index (χ4v) is 2.99. The summed E-state index contributed by atoms with van der Waals surface area (Å²) in [5.41, 5.74) is 1.22. The molecule has 0 heterocycles. The van der Waals surface area contributed by atoms with Crippen molar-refractivity contribution in [1.82, 2.24) is 0 Å². The van der Waals surface area contributed by atoms with Crippen LogP contribution in [0.5, 0.6) is 11.5 Å². The van der Waals surface area contributed by atoms with Crippen molar-refractivity contribution >= 4 is 16.0 Å². The number of hydrogen-bond donors (Lipinski definition) is 1. The van der Waals surface area contributed by atoms with Crippen LogP contribution in [0.25, 0.3) is 0 Å². The van der Waals surface area contributed by atoms with Crippen molar-refractivity contribution in [2.45, 2.75) is 31.1 Å². The van der Waals surface area contributed by atoms with Gasteiger partial charge in [0.25, 0.3) is 0 Å². The number of methoxy groups -OCH3 is 1. The minimum Gasteiger partial charge on any atom is -0.496 e. The topological polar surface area (TPSA) is 105 Å². The molecular weight excluding hydrogens is 382 g/mol. The molecule has 0 aliphatic heterocycles. The molecule has 0 bridgehead atoms. The van der Waals surface area contributed by atoms with Gasteiger partial charge in [0.2, 0.25) is 10.0 Å². The lowest BCUT2D eigenvalue weighted by Gasteiger charge is -2.19. The van der Waals surface area contributed by atoms with Gasteiger partial charge in [-0.05, 0) is 41.3 Å². The van der Waals surface area contributed by atoms with Crippen LogP contribution >= 0.6 is 0 Å². The van der Waals surface area contributed by atoms with Gasteiger partial charge in [0.15, 0.2) is 0 Å². The third-order valence-electron chi connectivity index (χ3n) is 4.02. The Hall–Kier alpha value is -2.58. The number of carbonyl (C=O) groups is 1. The van der Waals surface area contributed by atoms with E-state index in [2.05, 4.69) is 20.8 Å². The average Bonchev–Trinajstić information content (AvgIpc) is 2.63. The van der Waals surface area contributed by atoms with Crippen molar-refractivity contribution in [3.8, 4) is 11.5 Å². The predicted octanol–water partition coefficient (Wildman–Crippen LogP) is 2.88. The number of benzene rings is 2. The van der Waals surface area contributed by atoms with Crippen LogP contribution in [0.2, 0.25) is 0 Å². The van der Waals surface area contributed by atoms with Gasteiger partial charge in [-0.1, -0.05) is 32.9 Å². The summed E-state index contributed by atoms with van der Waals surface area (Å²) in [6, 6.07) is 11.4. The monoisotopic (exact) mass is 407 g/mol. The van der Waals surface area contributed by atoms with Gasteiger partial charge in [0.1, 0.15) is 30.3 Å². The molecule has 0 saturated carbocycles. The Kier molecular flexibility index (Phi) is 6.69. The molecule has 0 aliphatic rings. The lowest BCUT2D eigenvalue weighted by molar-refractivity contribution is 0.0446. The molecule has 0 aromatic heterocycles. The van der Waals surface area contributed by atoms with Gasteiger partial charge in [0.05, 0.1) is 12.0 Å². The Morgan fingerprint density at radius 1 is 1.04 bits per heavy atom. The highest BCUT2D eigenvalue weighted by atomic mass is 32.2. The maximum atomic E-state index is 12.3. The fourth-order valence-electron chi connectivity index (χ4n) is 2.45. The Morgan fingerprint density at radius 3 is 2.21 bits per heavy atom. The lowest BCUT2D eigenvalue weighted by Crippen LogP contribution is -2.16. The van der Waals surface area contributed by atoms with E-state index in [4.69, 9.17) is 19.3 Å². The second-order valence-electron chi connectivity index (χ2n) is 7.17. The zero-order valence-electron chi connectivity index (χ0n) is 16.4. The number of hydrogen-bond acceptors (Lipinski definition) is 6. The Morgan fingerprint density at radius 2 is 1.68 bits per heavy atom. The van der Waals surface area contributed by atoms with Gasteiger partial charge in [-0.2, -0.15) is 0 Å². The predicted molar refractivity (Wildman–Crippen MR) is 105 cm³/mol. The minimum absolute atomic E-state index is 0.0113. The number of ether oxygens (including phenoxy) is 3. The zero-order valence-corrected chi connectivity index (χ0v) is 17.2. The molecule has 28 heavy (non-hydrogen) atoms. The molecule has 0 spiro atoms. The number of rotatable bonds is 7. The first-order chi connectivity index (χ1) is 13.0. The molecule has 0 aliphatic carbocycles. The van der Waals surface area contributed by atoms with Gasteiger partial charge >= 0.3 is 5.97 Å². The van der Waals surface area contributed by atoms with Crippen molar-refractivity contribution < 1.29 is 27.4 Å². The lowest BCUT2D eigenvalue weighted by atomic mass is 9.87. The standard InChI is InChI=1S/C20H25NO6S/c1-20(2,3)14-5-7-15(8-6-14)26-11-12-27-19(22)17-13-16(28(21,23)24)9-10-18(17)25-4/h5-10,13H,11-12H2,1-4H3,(H2,21,23,24). The van der Waals surface area contributed by atoms with Gasteiger partial charge in [-0.25, -0.2) is 18.4 Å². The fraction of sp³-hybridized carbons (Fsp3) is 0.350. The van der Waals surface area contributed by atoms with Crippen LogP contribution in [0.3, 0.4) is 0 Å². The molecule has 0 radical (unpaired) electrons. The van der Waals surface area contributed by atoms with Crippen LogP contribution in [0.15, 0.2) is 47.4 Å². The molecule has 8 heteroatoms. The highest BCUT2D eigenvalue weighted by molar-refractivity contribution is 7.89. The molecule has 7 nitrogen and oxygen atoms in total. The van der Waals surface area contributed by atoms with Crippen molar-refractivity contribution in [2.75, 3.05) is 20.3 Å². The minimum atomic E-state index is -3.95. The van der Waals surface area contributed by atoms with Crippen LogP contribution in [-0.2, 0) is 20.2 Å². The molecular formula is C20H25NO6S. The van der Waals surface area contributed by atoms with Crippen LogP contribution in [0.4, 0.5) is 0 Å². The van der Waals surface area contributed by atoms with Gasteiger partial charge in [-0.3, -0.25) is 0 Å². The second kappa shape index (κ2) is 8.62. The summed E-state index contributed by atoms with van der Waals surface area (Å²) in [4.78, 5) is 12.1. The number of esters is 1. The second-order valence-corrected chi connectivity index (χ2v) is 8.73. The van der Waals surface area contributed by atoms with E-state index in [9.17, 15) is 13.2 Å². The van der Waals surface area contributed by atoms with E-state index in [-0.39, 0.29) is 34.8 Å². The third kappa shape index (κ3) is 5.71. The Balaban J connectivity index is 1.95. The molecule has 0 unspecified atom stereocenters. The molecule has 2 aromatic rings. The van der Waals surface area contributed by atoms with Crippen molar-refractivity contribution in [3.05, 3.63) is 53.6 Å². The van der Waals surface area contributed by atoms with E-state index >= 15 is 0 Å². The Labute approximate surface area is 165 Å². The number of nitrogens with two attached hydrogens (primary N) is 1. The van der Waals surface area contributed by atoms with E-state index in [1.165, 1.54) is 24.8 Å². The van der Waals surface area contributed by atoms with E-state index in [0.29, 0.717) is 5.75 Å². The molecule has 0 atom stereocenters. The van der Waals surface area contributed by atoms with E-state index in [1.54, 1.807) is 0 Å². The number of carbonyl (C=O) groups excluding carboxylic acids is 1. The molecule has 2 aromatic carbocycles. The zero-order chi connectivity index (χ0) is 20.9. The Bertz CT molecular complexity index is 930. The number of primary sulfonamides is 1. The van der Waals surface area contributed by atoms with E-state index in [1.807, 2.05) is 24.3 Å². The van der Waals surface area contributed by atoms with Crippen molar-refractivity contribution in [2.24, 2.45) is 5.14 Å². The summed E-state index contributed by atoms with van der Waals surface area (Å²) in [6.45, 7) is 6.52. The molecule has 152 valence electrons. The van der Waals surface area contributed by atoms with Crippen LogP contribution in [0.1, 0.15) is 36.7 Å². The maximum Gasteiger partial charge on any atom is 0.342 e. The average molecular weight is 407 g/mol. The molecule has 2 N–H and O–H groups in total. The highest BCUT2D eigenvalue weighted by Crippen LogP contribution is 2.25. The smallest absolute Gasteiger partial charge is 0.342 e. The van der Waals surface area contributed by atoms with Crippen LogP contribution in [-0.4, -0.2) is 34.7 Å². The summed E-state index contributed by atoms with van der Waals surface area (Å²) < 4.78 is 38.8. The quantitative estimate of drug-likeness (QED) is 0.559. The van der Waals surface area contributed by atoms with Crippen molar-refractivity contribution in [3.63, 3.8) is 0 Å². The van der Waals surface area contributed by atoms with Crippen molar-refractivity contribution in [1.29, 1.82) is 0 Å². The third-order valence-corrected chi connectivity index (χ3v) is 4.94. The van der Waals surface area contributed by atoms with Gasteiger partial charge in [-0.15, -0.1) is 0 Å². The molecule has 2 rings (SSSR count). The normalized spacial score (nSPS) is 11.8. The maximum absolute atomic E-state index is 12.3. The molecule has 0 saturated heterocycles. The summed E-state index contributed by atoms with van der Waals surface area (Å²) in [7, 11) is -2.58. The number of sulfonamides is 1. The first-order valence-corrected chi connectivity index (χ1v) is 10.2. The van der Waals surface area contributed by atoms with E-state index < -0.39 is 16.0 Å². The SMILES string of the molecule is COc1ccc(S(N)(=O)=O)cc1C(=O)OCCOc1ccc(C(C)(C)C)cc1. The summed E-state index contributed by atoms with van der Waals surface area (Å²) in [6.07, 6.45) is 0. The van der Waals surface area contributed by atoms with Gasteiger partial charge in [0, 0.05) is 0 Å². The highest BCUT2D eigenvalue weighted by Gasteiger charge is 2.18. The van der Waals surface area contributed by atoms with Crippen LogP contribution < -0.4 is 14.6 Å². The summed E-state index contributed by atoms with van der Waals surface area (Å²) >= 11 is 0. The first kappa shape index (κ1) is 21.7. The van der Waals surface area contributed by atoms with Gasteiger partial charge < -0.3 is 14.2 Å². The summed E-state index contributed by atoms with van der Waals surface area (Å²) in [5, 5.41) is 5.10. The molecule has 0 fully saturated rings. The largest absolute Gasteiger partial charge is 0.496 e. The van der Waals surface area contributed by atoms with Crippen LogP contribution in [0, 0.1) is 0 Å². The van der Waals surface area contributed by atoms with E-state index in [0.717, 1.165) is 6.07 Å². The first-order valence-electron chi connectivity index (χ1n) is 8.63.